The summed E-state index contributed by atoms with van der Waals surface area (Å²) in [5.74, 6) is 0.152. The van der Waals surface area contributed by atoms with Crippen molar-refractivity contribution < 1.29 is 9.18 Å². The lowest BCUT2D eigenvalue weighted by atomic mass is 10.1. The Morgan fingerprint density at radius 3 is 2.48 bits per heavy atom. The van der Waals surface area contributed by atoms with E-state index in [2.05, 4.69) is 15.6 Å². The van der Waals surface area contributed by atoms with Crippen LogP contribution in [0.3, 0.4) is 0 Å². The first kappa shape index (κ1) is 22.9. The van der Waals surface area contributed by atoms with Crippen molar-refractivity contribution in [1.29, 1.82) is 0 Å². The van der Waals surface area contributed by atoms with Gasteiger partial charge in [0.2, 0.25) is 5.91 Å². The normalized spacial score (nSPS) is 11.9. The molecule has 0 aliphatic rings. The lowest BCUT2D eigenvalue weighted by molar-refractivity contribution is -0.127. The van der Waals surface area contributed by atoms with Gasteiger partial charge in [0.1, 0.15) is 5.82 Å². The molecular weight excluding hydrogens is 458 g/mol. The van der Waals surface area contributed by atoms with Crippen molar-refractivity contribution in [3.05, 3.63) is 71.5 Å². The molecule has 2 rings (SSSR count). The number of hydrogen-bond acceptors (Lipinski definition) is 2. The Morgan fingerprint density at radius 2 is 1.85 bits per heavy atom. The van der Waals surface area contributed by atoms with E-state index in [1.807, 2.05) is 43.3 Å². The van der Waals surface area contributed by atoms with Crippen molar-refractivity contribution in [2.75, 3.05) is 20.6 Å². The van der Waals surface area contributed by atoms with Crippen LogP contribution in [0.1, 0.15) is 24.1 Å². The van der Waals surface area contributed by atoms with Crippen molar-refractivity contribution >= 4 is 35.8 Å². The Morgan fingerprint density at radius 1 is 1.15 bits per heavy atom. The molecule has 0 saturated carbocycles. The summed E-state index contributed by atoms with van der Waals surface area (Å²) in [4.78, 5) is 17.9. The van der Waals surface area contributed by atoms with Crippen LogP contribution in [0.2, 0.25) is 0 Å². The zero-order chi connectivity index (χ0) is 18.9. The van der Waals surface area contributed by atoms with Gasteiger partial charge in [-0.3, -0.25) is 4.79 Å². The second-order valence-corrected chi connectivity index (χ2v) is 6.21. The van der Waals surface area contributed by atoms with Crippen LogP contribution in [-0.2, 0) is 11.3 Å². The van der Waals surface area contributed by atoms with Crippen LogP contribution in [0, 0.1) is 5.82 Å². The quantitative estimate of drug-likeness (QED) is 0.376. The second-order valence-electron chi connectivity index (χ2n) is 6.21. The van der Waals surface area contributed by atoms with E-state index in [0.717, 1.165) is 11.1 Å². The van der Waals surface area contributed by atoms with E-state index < -0.39 is 0 Å². The number of hydrogen-bond donors (Lipinski definition) is 2. The first-order valence-corrected chi connectivity index (χ1v) is 8.50. The summed E-state index contributed by atoms with van der Waals surface area (Å²) in [5, 5.41) is 6.33. The average Bonchev–Trinajstić information content (AvgIpc) is 2.64. The largest absolute Gasteiger partial charge is 0.350 e. The maximum Gasteiger partial charge on any atom is 0.241 e. The molecule has 0 aliphatic heterocycles. The zero-order valence-electron chi connectivity index (χ0n) is 15.8. The first-order chi connectivity index (χ1) is 12.5. The molecule has 0 aliphatic carbocycles. The summed E-state index contributed by atoms with van der Waals surface area (Å²) in [7, 11) is 3.40. The van der Waals surface area contributed by atoms with Crippen molar-refractivity contribution in [3.8, 4) is 0 Å². The number of carbonyl (C=O) groups excluding carboxylic acids is 1. The highest BCUT2D eigenvalue weighted by atomic mass is 127. The van der Waals surface area contributed by atoms with Gasteiger partial charge in [-0.05, 0) is 30.2 Å². The lowest BCUT2D eigenvalue weighted by Crippen LogP contribution is -2.43. The van der Waals surface area contributed by atoms with E-state index in [9.17, 15) is 9.18 Å². The average molecular weight is 484 g/mol. The molecule has 1 amide bonds. The van der Waals surface area contributed by atoms with Crippen molar-refractivity contribution in [1.82, 2.24) is 15.5 Å². The molecule has 7 heteroatoms. The SMILES string of the molecule is CC(NC(=NCc1cccc(F)c1)NCC(=O)N(C)C)c1ccccc1.I. The van der Waals surface area contributed by atoms with Gasteiger partial charge >= 0.3 is 0 Å². The molecule has 0 spiro atoms. The number of nitrogens with one attached hydrogen (secondary N) is 2. The van der Waals surface area contributed by atoms with Gasteiger partial charge in [0.05, 0.1) is 19.1 Å². The highest BCUT2D eigenvalue weighted by Crippen LogP contribution is 2.11. The lowest BCUT2D eigenvalue weighted by Gasteiger charge is -2.19. The topological polar surface area (TPSA) is 56.7 Å². The van der Waals surface area contributed by atoms with Crippen LogP contribution in [0.25, 0.3) is 0 Å². The third-order valence-corrected chi connectivity index (χ3v) is 3.87. The van der Waals surface area contributed by atoms with Crippen LogP contribution >= 0.6 is 24.0 Å². The molecule has 0 saturated heterocycles. The Hall–Kier alpha value is -2.16. The smallest absolute Gasteiger partial charge is 0.241 e. The highest BCUT2D eigenvalue weighted by molar-refractivity contribution is 14.0. The Labute approximate surface area is 177 Å². The van der Waals surface area contributed by atoms with E-state index >= 15 is 0 Å². The van der Waals surface area contributed by atoms with Crippen LogP contribution in [-0.4, -0.2) is 37.4 Å². The fourth-order valence-electron chi connectivity index (χ4n) is 2.31. The molecule has 0 bridgehead atoms. The number of guanidine groups is 1. The third kappa shape index (κ3) is 7.94. The number of amides is 1. The molecule has 5 nitrogen and oxygen atoms in total. The fraction of sp³-hybridized carbons (Fsp3) is 0.300. The van der Waals surface area contributed by atoms with Crippen LogP contribution < -0.4 is 10.6 Å². The molecule has 2 aromatic carbocycles. The van der Waals surface area contributed by atoms with Crippen molar-refractivity contribution in [3.63, 3.8) is 0 Å². The van der Waals surface area contributed by atoms with Gasteiger partial charge in [0.15, 0.2) is 5.96 Å². The first-order valence-electron chi connectivity index (χ1n) is 8.50. The maximum atomic E-state index is 13.3. The monoisotopic (exact) mass is 484 g/mol. The molecular formula is C20H26FIN4O. The standard InChI is InChI=1S/C20H25FN4O.HI/c1-15(17-9-5-4-6-10-17)24-20(23-14-19(26)25(2)3)22-13-16-8-7-11-18(21)12-16;/h4-12,15H,13-14H2,1-3H3,(H2,22,23,24);1H. The van der Waals surface area contributed by atoms with Gasteiger partial charge in [0.25, 0.3) is 0 Å². The number of benzene rings is 2. The van der Waals surface area contributed by atoms with E-state index in [0.29, 0.717) is 12.5 Å². The number of aliphatic imine (C=N–C) groups is 1. The predicted octanol–water partition coefficient (Wildman–Crippen LogP) is 3.33. The summed E-state index contributed by atoms with van der Waals surface area (Å²) in [6, 6.07) is 16.3. The van der Waals surface area contributed by atoms with Crippen molar-refractivity contribution in [2.45, 2.75) is 19.5 Å². The number of carbonyl (C=O) groups is 1. The Balaban J connectivity index is 0.00000364. The zero-order valence-corrected chi connectivity index (χ0v) is 18.1. The predicted molar refractivity (Wildman–Crippen MR) is 118 cm³/mol. The van der Waals surface area contributed by atoms with Gasteiger partial charge < -0.3 is 15.5 Å². The summed E-state index contributed by atoms with van der Waals surface area (Å²) in [5.41, 5.74) is 1.86. The van der Waals surface area contributed by atoms with Gasteiger partial charge in [0, 0.05) is 14.1 Å². The summed E-state index contributed by atoms with van der Waals surface area (Å²) in [6.07, 6.45) is 0. The third-order valence-electron chi connectivity index (χ3n) is 3.87. The second kappa shape index (κ2) is 11.5. The number of halogens is 2. The molecule has 0 aromatic heterocycles. The Bertz CT molecular complexity index is 753. The molecule has 1 atom stereocenters. The minimum absolute atomic E-state index is 0. The molecule has 0 heterocycles. The van der Waals surface area contributed by atoms with Gasteiger partial charge in [-0.2, -0.15) is 0 Å². The number of rotatable bonds is 6. The van der Waals surface area contributed by atoms with E-state index in [1.54, 1.807) is 20.2 Å². The minimum atomic E-state index is -0.291. The molecule has 0 fully saturated rings. The number of nitrogens with zero attached hydrogens (tertiary/aromatic N) is 2. The molecule has 2 aromatic rings. The van der Waals surface area contributed by atoms with Crippen LogP contribution in [0.15, 0.2) is 59.6 Å². The molecule has 2 N–H and O–H groups in total. The minimum Gasteiger partial charge on any atom is -0.350 e. The summed E-state index contributed by atoms with van der Waals surface area (Å²) in [6.45, 7) is 2.46. The van der Waals surface area contributed by atoms with Gasteiger partial charge in [-0.1, -0.05) is 42.5 Å². The summed E-state index contributed by atoms with van der Waals surface area (Å²) < 4.78 is 13.3. The molecule has 0 radical (unpaired) electrons. The molecule has 27 heavy (non-hydrogen) atoms. The van der Waals surface area contributed by atoms with Crippen LogP contribution in [0.5, 0.6) is 0 Å². The van der Waals surface area contributed by atoms with E-state index in [4.69, 9.17) is 0 Å². The molecule has 146 valence electrons. The maximum absolute atomic E-state index is 13.3. The van der Waals surface area contributed by atoms with Crippen molar-refractivity contribution in [2.24, 2.45) is 4.99 Å². The van der Waals surface area contributed by atoms with E-state index in [1.165, 1.54) is 17.0 Å². The summed E-state index contributed by atoms with van der Waals surface area (Å²) >= 11 is 0. The van der Waals surface area contributed by atoms with Gasteiger partial charge in [-0.15, -0.1) is 24.0 Å². The molecule has 1 unspecified atom stereocenters. The highest BCUT2D eigenvalue weighted by Gasteiger charge is 2.10. The van der Waals surface area contributed by atoms with E-state index in [-0.39, 0.29) is 48.3 Å². The van der Waals surface area contributed by atoms with Gasteiger partial charge in [-0.25, -0.2) is 9.38 Å². The Kier molecular flexibility index (Phi) is 9.77. The van der Waals surface area contributed by atoms with Crippen LogP contribution in [0.4, 0.5) is 4.39 Å². The number of likely N-dealkylation sites (N-methyl/N-ethyl adjacent to an activating group) is 1. The fourth-order valence-corrected chi connectivity index (χ4v) is 2.31.